The Morgan fingerprint density at radius 2 is 1.96 bits per heavy atom. The molecule has 0 saturated heterocycles. The first-order valence-electron chi connectivity index (χ1n) is 7.72. The van der Waals surface area contributed by atoms with E-state index in [0.717, 1.165) is 27.6 Å². The van der Waals surface area contributed by atoms with Gasteiger partial charge in [0.25, 0.3) is 0 Å². The van der Waals surface area contributed by atoms with E-state index >= 15 is 0 Å². The van der Waals surface area contributed by atoms with Crippen molar-refractivity contribution >= 4 is 40.2 Å². The summed E-state index contributed by atoms with van der Waals surface area (Å²) in [5, 5.41) is 11.5. The van der Waals surface area contributed by atoms with Crippen molar-refractivity contribution in [1.29, 1.82) is 0 Å². The molecule has 0 aliphatic rings. The Morgan fingerprint density at radius 1 is 1.16 bits per heavy atom. The van der Waals surface area contributed by atoms with Gasteiger partial charge in [-0.3, -0.25) is 4.99 Å². The van der Waals surface area contributed by atoms with Crippen molar-refractivity contribution < 1.29 is 14.6 Å². The van der Waals surface area contributed by atoms with E-state index in [1.165, 1.54) is 0 Å². The highest BCUT2D eigenvalue weighted by molar-refractivity contribution is 6.31. The number of benzene rings is 3. The third kappa shape index (κ3) is 3.80. The third-order valence-electron chi connectivity index (χ3n) is 3.85. The molecule has 1 N–H and O–H groups in total. The lowest BCUT2D eigenvalue weighted by Gasteiger charge is -2.10. The Balaban J connectivity index is 2.08. The largest absolute Gasteiger partial charge is 0.481 e. The lowest BCUT2D eigenvalue weighted by atomic mass is 10.0. The molecule has 0 bridgehead atoms. The third-order valence-corrected chi connectivity index (χ3v) is 4.26. The van der Waals surface area contributed by atoms with Crippen LogP contribution in [-0.2, 0) is 4.79 Å². The molecule has 3 rings (SSSR count). The minimum atomic E-state index is -1.03. The number of carbonyl (C=O) groups is 1. The van der Waals surface area contributed by atoms with Crippen LogP contribution < -0.4 is 4.74 Å². The fourth-order valence-corrected chi connectivity index (χ4v) is 2.71. The number of fused-ring (bicyclic) bond motifs is 1. The minimum absolute atomic E-state index is 0.407. The molecule has 0 aromatic heterocycles. The van der Waals surface area contributed by atoms with Gasteiger partial charge in [-0.2, -0.15) is 0 Å². The summed E-state index contributed by atoms with van der Waals surface area (Å²) in [5.41, 5.74) is 2.37. The monoisotopic (exact) mass is 353 g/mol. The first-order valence-corrected chi connectivity index (χ1v) is 8.09. The van der Waals surface area contributed by atoms with E-state index in [0.29, 0.717) is 10.8 Å². The number of carboxylic acid groups (broad SMARTS) is 1. The standard InChI is InChI=1S/C20H16ClNO3/c1-13-17(21)7-4-8-18(13)22-11-16-15-6-3-2-5-14(15)9-10-19(16)25-12-20(23)24/h2-11H,12H2,1H3,(H,23,24). The quantitative estimate of drug-likeness (QED) is 0.655. The summed E-state index contributed by atoms with van der Waals surface area (Å²) in [6.45, 7) is 1.50. The summed E-state index contributed by atoms with van der Waals surface area (Å²) in [6, 6.07) is 17.0. The van der Waals surface area contributed by atoms with Gasteiger partial charge in [0, 0.05) is 16.8 Å². The number of ether oxygens (including phenoxy) is 1. The summed E-state index contributed by atoms with van der Waals surface area (Å²) in [7, 11) is 0. The van der Waals surface area contributed by atoms with Gasteiger partial charge in [-0.1, -0.05) is 48.0 Å². The molecule has 3 aromatic carbocycles. The second-order valence-corrected chi connectivity index (χ2v) is 5.93. The van der Waals surface area contributed by atoms with E-state index in [1.807, 2.05) is 55.5 Å². The highest BCUT2D eigenvalue weighted by Gasteiger charge is 2.09. The van der Waals surface area contributed by atoms with Gasteiger partial charge in [0.1, 0.15) is 5.75 Å². The molecular formula is C20H16ClNO3. The van der Waals surface area contributed by atoms with Gasteiger partial charge >= 0.3 is 5.97 Å². The fourth-order valence-electron chi connectivity index (χ4n) is 2.54. The molecule has 4 nitrogen and oxygen atoms in total. The maximum absolute atomic E-state index is 10.8. The number of rotatable bonds is 5. The van der Waals surface area contributed by atoms with Crippen LogP contribution in [0, 0.1) is 6.92 Å². The van der Waals surface area contributed by atoms with E-state index in [2.05, 4.69) is 4.99 Å². The smallest absolute Gasteiger partial charge is 0.341 e. The van der Waals surface area contributed by atoms with Gasteiger partial charge in [0.05, 0.1) is 5.69 Å². The average Bonchev–Trinajstić information content (AvgIpc) is 2.61. The first-order chi connectivity index (χ1) is 12.1. The van der Waals surface area contributed by atoms with E-state index in [9.17, 15) is 4.79 Å². The molecule has 0 amide bonds. The predicted octanol–water partition coefficient (Wildman–Crippen LogP) is 5.02. The number of carboxylic acids is 1. The Labute approximate surface area is 150 Å². The van der Waals surface area contributed by atoms with Crippen molar-refractivity contribution in [3.8, 4) is 5.75 Å². The molecule has 0 aliphatic heterocycles. The van der Waals surface area contributed by atoms with Crippen molar-refractivity contribution in [1.82, 2.24) is 0 Å². The van der Waals surface area contributed by atoms with E-state index in [-0.39, 0.29) is 0 Å². The molecule has 0 aliphatic carbocycles. The Morgan fingerprint density at radius 3 is 2.76 bits per heavy atom. The normalized spacial score (nSPS) is 11.1. The van der Waals surface area contributed by atoms with Gasteiger partial charge in [-0.05, 0) is 41.5 Å². The Kier molecular flexibility index (Phi) is 5.00. The lowest BCUT2D eigenvalue weighted by molar-refractivity contribution is -0.139. The maximum atomic E-state index is 10.8. The van der Waals surface area contributed by atoms with Crippen molar-refractivity contribution in [2.75, 3.05) is 6.61 Å². The molecular weight excluding hydrogens is 338 g/mol. The summed E-state index contributed by atoms with van der Waals surface area (Å²) < 4.78 is 5.43. The van der Waals surface area contributed by atoms with Crippen LogP contribution in [0.3, 0.4) is 0 Å². The molecule has 25 heavy (non-hydrogen) atoms. The van der Waals surface area contributed by atoms with Crippen LogP contribution in [0.4, 0.5) is 5.69 Å². The first kappa shape index (κ1) is 17.0. The van der Waals surface area contributed by atoms with Gasteiger partial charge in [-0.15, -0.1) is 0 Å². The second-order valence-electron chi connectivity index (χ2n) is 5.52. The highest BCUT2D eigenvalue weighted by atomic mass is 35.5. The SMILES string of the molecule is Cc1c(Cl)cccc1N=Cc1c(OCC(=O)O)ccc2ccccc12. The van der Waals surface area contributed by atoms with Crippen molar-refractivity contribution in [3.05, 3.63) is 70.7 Å². The van der Waals surface area contributed by atoms with Crippen LogP contribution in [0.25, 0.3) is 10.8 Å². The molecule has 0 spiro atoms. The van der Waals surface area contributed by atoms with E-state index in [4.69, 9.17) is 21.4 Å². The molecule has 0 radical (unpaired) electrons. The van der Waals surface area contributed by atoms with Crippen LogP contribution in [0.5, 0.6) is 5.75 Å². The Hall–Kier alpha value is -2.85. The van der Waals surface area contributed by atoms with Gasteiger partial charge in [0.2, 0.25) is 0 Å². The van der Waals surface area contributed by atoms with Crippen molar-refractivity contribution in [3.63, 3.8) is 0 Å². The zero-order valence-electron chi connectivity index (χ0n) is 13.6. The van der Waals surface area contributed by atoms with Crippen LogP contribution in [-0.4, -0.2) is 23.9 Å². The number of hydrogen-bond acceptors (Lipinski definition) is 3. The molecule has 3 aromatic rings. The number of nitrogens with zero attached hydrogens (tertiary/aromatic N) is 1. The summed E-state index contributed by atoms with van der Waals surface area (Å²) >= 11 is 6.14. The summed E-state index contributed by atoms with van der Waals surface area (Å²) in [5.74, 6) is -0.550. The van der Waals surface area contributed by atoms with E-state index < -0.39 is 12.6 Å². The van der Waals surface area contributed by atoms with Crippen LogP contribution in [0.1, 0.15) is 11.1 Å². The maximum Gasteiger partial charge on any atom is 0.341 e. The van der Waals surface area contributed by atoms with Crippen LogP contribution in [0.2, 0.25) is 5.02 Å². The topological polar surface area (TPSA) is 58.9 Å². The molecule has 0 heterocycles. The van der Waals surface area contributed by atoms with Crippen molar-refractivity contribution in [2.24, 2.45) is 4.99 Å². The zero-order chi connectivity index (χ0) is 17.8. The molecule has 0 saturated carbocycles. The minimum Gasteiger partial charge on any atom is -0.481 e. The Bertz CT molecular complexity index is 966. The molecule has 0 unspecified atom stereocenters. The van der Waals surface area contributed by atoms with Crippen LogP contribution >= 0.6 is 11.6 Å². The number of halogens is 1. The van der Waals surface area contributed by atoms with Gasteiger partial charge < -0.3 is 9.84 Å². The number of aliphatic carboxylic acids is 1. The van der Waals surface area contributed by atoms with Gasteiger partial charge in [0.15, 0.2) is 6.61 Å². The van der Waals surface area contributed by atoms with Crippen LogP contribution in [0.15, 0.2) is 59.6 Å². The molecule has 0 fully saturated rings. The lowest BCUT2D eigenvalue weighted by Crippen LogP contribution is -2.10. The number of aliphatic imine (C=N–C) groups is 1. The van der Waals surface area contributed by atoms with E-state index in [1.54, 1.807) is 12.3 Å². The highest BCUT2D eigenvalue weighted by Crippen LogP contribution is 2.29. The molecule has 126 valence electrons. The second kappa shape index (κ2) is 7.36. The zero-order valence-corrected chi connectivity index (χ0v) is 14.3. The summed E-state index contributed by atoms with van der Waals surface area (Å²) in [4.78, 5) is 15.4. The van der Waals surface area contributed by atoms with Gasteiger partial charge in [-0.25, -0.2) is 4.79 Å². The molecule has 0 atom stereocenters. The number of hydrogen-bond donors (Lipinski definition) is 1. The predicted molar refractivity (Wildman–Crippen MR) is 101 cm³/mol. The fraction of sp³-hybridized carbons (Fsp3) is 0.100. The average molecular weight is 354 g/mol. The molecule has 5 heteroatoms. The summed E-state index contributed by atoms with van der Waals surface area (Å²) in [6.07, 6.45) is 1.69. The van der Waals surface area contributed by atoms with Crippen molar-refractivity contribution in [2.45, 2.75) is 6.92 Å².